The van der Waals surface area contributed by atoms with E-state index in [9.17, 15) is 0 Å². The van der Waals surface area contributed by atoms with Gasteiger partial charge in [-0.15, -0.1) is 0 Å². The van der Waals surface area contributed by atoms with Crippen molar-refractivity contribution in [3.63, 3.8) is 0 Å². The lowest BCUT2D eigenvalue weighted by atomic mass is 10.2. The molecule has 128 valence electrons. The third-order valence-corrected chi connectivity index (χ3v) is 4.49. The van der Waals surface area contributed by atoms with Crippen molar-refractivity contribution in [2.24, 2.45) is 5.11 Å². The number of fused-ring (bicyclic) bond motifs is 1. The molecule has 3 heterocycles. The summed E-state index contributed by atoms with van der Waals surface area (Å²) in [6.45, 7) is 0. The van der Waals surface area contributed by atoms with Crippen LogP contribution in [-0.2, 0) is 0 Å². The van der Waals surface area contributed by atoms with Gasteiger partial charge in [0.2, 0.25) is 0 Å². The van der Waals surface area contributed by atoms with Gasteiger partial charge in [0.05, 0.1) is 17.4 Å². The summed E-state index contributed by atoms with van der Waals surface area (Å²) in [7, 11) is 0. The number of pyridine rings is 2. The van der Waals surface area contributed by atoms with Gasteiger partial charge in [-0.3, -0.25) is 0 Å². The molecule has 0 aromatic carbocycles. The summed E-state index contributed by atoms with van der Waals surface area (Å²) in [4.78, 5) is 11.6. The standard InChI is InChI=1S/C17H15N9/c18-7-11-5-12-9-22-26(17(12)21-8-11)16-6-14(15(10-20-16)24-25-19)23-13-3-1-2-4-13/h5-6,8-10,13H,1-4H2,(H,20,23). The van der Waals surface area contributed by atoms with Crippen LogP contribution in [0.2, 0.25) is 0 Å². The zero-order valence-corrected chi connectivity index (χ0v) is 13.9. The van der Waals surface area contributed by atoms with E-state index in [1.54, 1.807) is 16.9 Å². The summed E-state index contributed by atoms with van der Waals surface area (Å²) in [5, 5.41) is 21.3. The van der Waals surface area contributed by atoms with Gasteiger partial charge in [-0.25, -0.2) is 9.97 Å². The van der Waals surface area contributed by atoms with Crippen LogP contribution in [0.3, 0.4) is 0 Å². The van der Waals surface area contributed by atoms with E-state index >= 15 is 0 Å². The van der Waals surface area contributed by atoms with Crippen LogP contribution in [0.25, 0.3) is 27.3 Å². The van der Waals surface area contributed by atoms with Crippen molar-refractivity contribution in [1.29, 1.82) is 5.26 Å². The fourth-order valence-electron chi connectivity index (χ4n) is 3.24. The van der Waals surface area contributed by atoms with Crippen molar-refractivity contribution in [2.45, 2.75) is 31.7 Å². The Labute approximate surface area is 148 Å². The molecule has 0 atom stereocenters. The molecule has 0 amide bonds. The van der Waals surface area contributed by atoms with Gasteiger partial charge in [0.1, 0.15) is 6.07 Å². The van der Waals surface area contributed by atoms with Crippen molar-refractivity contribution >= 4 is 22.4 Å². The Kier molecular flexibility index (Phi) is 4.09. The molecular weight excluding hydrogens is 330 g/mol. The van der Waals surface area contributed by atoms with Crippen molar-refractivity contribution in [1.82, 2.24) is 19.7 Å². The molecule has 1 saturated carbocycles. The number of nitrogens with zero attached hydrogens (tertiary/aromatic N) is 8. The number of hydrogen-bond acceptors (Lipinski definition) is 6. The number of hydrogen-bond donors (Lipinski definition) is 1. The summed E-state index contributed by atoms with van der Waals surface area (Å²) < 4.78 is 1.61. The van der Waals surface area contributed by atoms with E-state index in [0.29, 0.717) is 28.8 Å². The Morgan fingerprint density at radius 1 is 1.23 bits per heavy atom. The minimum Gasteiger partial charge on any atom is -0.382 e. The smallest absolute Gasteiger partial charge is 0.164 e. The highest BCUT2D eigenvalue weighted by molar-refractivity contribution is 5.78. The first-order valence-corrected chi connectivity index (χ1v) is 8.34. The average Bonchev–Trinajstić information content (AvgIpc) is 3.32. The zero-order valence-electron chi connectivity index (χ0n) is 13.9. The van der Waals surface area contributed by atoms with Gasteiger partial charge in [-0.2, -0.15) is 15.0 Å². The van der Waals surface area contributed by atoms with E-state index in [0.717, 1.165) is 23.9 Å². The molecule has 9 heteroatoms. The number of rotatable bonds is 4. The summed E-state index contributed by atoms with van der Waals surface area (Å²) in [5.41, 5.74) is 11.1. The SMILES string of the molecule is N#Cc1cnc2c(cnn2-c2cc(NC3CCCC3)c(N=[N+]=[N-])cn2)c1. The van der Waals surface area contributed by atoms with Crippen LogP contribution in [0.1, 0.15) is 31.2 Å². The lowest BCUT2D eigenvalue weighted by Crippen LogP contribution is -2.15. The molecule has 0 saturated heterocycles. The van der Waals surface area contributed by atoms with Gasteiger partial charge < -0.3 is 5.32 Å². The molecule has 9 nitrogen and oxygen atoms in total. The maximum atomic E-state index is 9.00. The Morgan fingerprint density at radius 3 is 2.85 bits per heavy atom. The van der Waals surface area contributed by atoms with Gasteiger partial charge in [0.25, 0.3) is 0 Å². The second kappa shape index (κ2) is 6.70. The van der Waals surface area contributed by atoms with Gasteiger partial charge in [-0.05, 0) is 24.4 Å². The Balaban J connectivity index is 1.77. The molecule has 1 N–H and O–H groups in total. The van der Waals surface area contributed by atoms with Crippen LogP contribution in [0.4, 0.5) is 11.4 Å². The molecule has 1 aliphatic carbocycles. The van der Waals surface area contributed by atoms with E-state index in [1.165, 1.54) is 25.2 Å². The van der Waals surface area contributed by atoms with Crippen LogP contribution >= 0.6 is 0 Å². The van der Waals surface area contributed by atoms with Crippen molar-refractivity contribution in [3.8, 4) is 11.9 Å². The normalized spacial score (nSPS) is 14.1. The number of azide groups is 1. The van der Waals surface area contributed by atoms with Crippen molar-refractivity contribution < 1.29 is 0 Å². The molecular formula is C17H15N9. The molecule has 0 bridgehead atoms. The van der Waals surface area contributed by atoms with Gasteiger partial charge >= 0.3 is 0 Å². The number of nitrogens with one attached hydrogen (secondary N) is 1. The Morgan fingerprint density at radius 2 is 2.08 bits per heavy atom. The van der Waals surface area contributed by atoms with Crippen LogP contribution in [0, 0.1) is 11.3 Å². The molecule has 0 aliphatic heterocycles. The number of anilines is 1. The van der Waals surface area contributed by atoms with E-state index in [1.807, 2.05) is 6.07 Å². The van der Waals surface area contributed by atoms with Crippen molar-refractivity contribution in [2.75, 3.05) is 5.32 Å². The number of nitriles is 1. The van der Waals surface area contributed by atoms with E-state index in [2.05, 4.69) is 36.5 Å². The summed E-state index contributed by atoms with van der Waals surface area (Å²) in [6.07, 6.45) is 9.27. The number of aromatic nitrogens is 4. The fraction of sp³-hybridized carbons (Fsp3) is 0.294. The Hall–Kier alpha value is -3.63. The van der Waals surface area contributed by atoms with Gasteiger partial charge in [-0.1, -0.05) is 18.0 Å². The monoisotopic (exact) mass is 345 g/mol. The topological polar surface area (TPSA) is 128 Å². The molecule has 0 radical (unpaired) electrons. The maximum Gasteiger partial charge on any atom is 0.164 e. The quantitative estimate of drug-likeness (QED) is 0.434. The minimum atomic E-state index is 0.364. The highest BCUT2D eigenvalue weighted by Crippen LogP contribution is 2.30. The highest BCUT2D eigenvalue weighted by atomic mass is 15.3. The minimum absolute atomic E-state index is 0.364. The van der Waals surface area contributed by atoms with Crippen LogP contribution in [-0.4, -0.2) is 25.8 Å². The van der Waals surface area contributed by atoms with Gasteiger partial charge in [0, 0.05) is 40.5 Å². The molecule has 26 heavy (non-hydrogen) atoms. The molecule has 1 aliphatic rings. The summed E-state index contributed by atoms with van der Waals surface area (Å²) in [6, 6.07) is 5.98. The average molecular weight is 345 g/mol. The highest BCUT2D eigenvalue weighted by Gasteiger charge is 2.17. The largest absolute Gasteiger partial charge is 0.382 e. The molecule has 3 aromatic rings. The predicted octanol–water partition coefficient (Wildman–Crippen LogP) is 3.98. The first kappa shape index (κ1) is 15.9. The predicted molar refractivity (Wildman–Crippen MR) is 96.1 cm³/mol. The Bertz CT molecular complexity index is 1050. The second-order valence-corrected chi connectivity index (χ2v) is 6.18. The first-order valence-electron chi connectivity index (χ1n) is 8.34. The molecule has 1 fully saturated rings. The van der Waals surface area contributed by atoms with Gasteiger partial charge in [0.15, 0.2) is 11.5 Å². The van der Waals surface area contributed by atoms with Crippen LogP contribution in [0.15, 0.2) is 35.8 Å². The summed E-state index contributed by atoms with van der Waals surface area (Å²) >= 11 is 0. The molecule has 4 rings (SSSR count). The molecule has 3 aromatic heterocycles. The van der Waals surface area contributed by atoms with Crippen LogP contribution in [0.5, 0.6) is 0 Å². The first-order chi connectivity index (χ1) is 12.8. The lowest BCUT2D eigenvalue weighted by molar-refractivity contribution is 0.754. The lowest BCUT2D eigenvalue weighted by Gasteiger charge is -2.16. The zero-order chi connectivity index (χ0) is 17.9. The van der Waals surface area contributed by atoms with E-state index < -0.39 is 0 Å². The second-order valence-electron chi connectivity index (χ2n) is 6.18. The third kappa shape index (κ3) is 2.90. The molecule has 0 unspecified atom stereocenters. The van der Waals surface area contributed by atoms with E-state index in [-0.39, 0.29) is 0 Å². The molecule has 0 spiro atoms. The third-order valence-electron chi connectivity index (χ3n) is 4.49. The maximum absolute atomic E-state index is 9.00. The fourth-order valence-corrected chi connectivity index (χ4v) is 3.24. The van der Waals surface area contributed by atoms with Crippen LogP contribution < -0.4 is 5.32 Å². The van der Waals surface area contributed by atoms with E-state index in [4.69, 9.17) is 10.8 Å². The summed E-state index contributed by atoms with van der Waals surface area (Å²) in [5.74, 6) is 0.564. The van der Waals surface area contributed by atoms with Crippen molar-refractivity contribution in [3.05, 3.63) is 46.7 Å².